The highest BCUT2D eigenvalue weighted by Gasteiger charge is 2.31. The Morgan fingerprint density at radius 2 is 2.00 bits per heavy atom. The van der Waals surface area contributed by atoms with Crippen LogP contribution in [-0.2, 0) is 9.47 Å². The van der Waals surface area contributed by atoms with Crippen LogP contribution in [0.3, 0.4) is 0 Å². The van der Waals surface area contributed by atoms with E-state index in [4.69, 9.17) is 25.5 Å². The summed E-state index contributed by atoms with van der Waals surface area (Å²) in [5, 5.41) is 16.7. The second kappa shape index (κ2) is 11.3. The van der Waals surface area contributed by atoms with Crippen LogP contribution in [0.4, 0.5) is 0 Å². The second-order valence-electron chi connectivity index (χ2n) is 4.28. The summed E-state index contributed by atoms with van der Waals surface area (Å²) in [6.07, 6.45) is 2.41. The molecule has 1 atom stereocenters. The molecule has 0 radical (unpaired) electrons. The van der Waals surface area contributed by atoms with Crippen LogP contribution in [0.2, 0.25) is 0 Å². The lowest BCUT2D eigenvalue weighted by atomic mass is 10.1. The number of nitrogens with zero attached hydrogens (tertiary/aromatic N) is 1. The topological polar surface area (TPSA) is 100 Å². The summed E-state index contributed by atoms with van der Waals surface area (Å²) in [5.74, 6) is 5.32. The fraction of sp³-hybridized carbons (Fsp3) is 0.833. The van der Waals surface area contributed by atoms with E-state index < -0.39 is 5.72 Å². The third kappa shape index (κ3) is 8.27. The molecule has 1 rings (SSSR count). The quantitative estimate of drug-likeness (QED) is 0.260. The van der Waals surface area contributed by atoms with Gasteiger partial charge in [0.2, 0.25) is 0 Å². The van der Waals surface area contributed by atoms with E-state index in [1.165, 1.54) is 0 Å². The van der Waals surface area contributed by atoms with Crippen LogP contribution in [-0.4, -0.2) is 74.0 Å². The molecule has 1 saturated heterocycles. The Morgan fingerprint density at radius 3 is 2.37 bits per heavy atom. The highest BCUT2D eigenvalue weighted by molar-refractivity contribution is 4.86. The SMILES string of the molecule is C=CCC1(NN)COCCO1.CN(CCO)CCO. The zero-order chi connectivity index (χ0) is 14.6. The maximum Gasteiger partial charge on any atom is 0.158 e. The number of nitrogens with one attached hydrogen (secondary N) is 1. The maximum atomic E-state index is 8.34. The van der Waals surface area contributed by atoms with Crippen LogP contribution in [0, 0.1) is 0 Å². The lowest BCUT2D eigenvalue weighted by Gasteiger charge is -2.35. The van der Waals surface area contributed by atoms with Crippen molar-refractivity contribution in [3.05, 3.63) is 12.7 Å². The number of hydrazine groups is 1. The molecule has 0 spiro atoms. The highest BCUT2D eigenvalue weighted by atomic mass is 16.6. The minimum absolute atomic E-state index is 0.163. The maximum absolute atomic E-state index is 8.34. The number of hydrogen-bond donors (Lipinski definition) is 4. The zero-order valence-corrected chi connectivity index (χ0v) is 11.7. The predicted molar refractivity (Wildman–Crippen MR) is 73.3 cm³/mol. The third-order valence-corrected chi connectivity index (χ3v) is 2.64. The molecule has 0 saturated carbocycles. The smallest absolute Gasteiger partial charge is 0.158 e. The summed E-state index contributed by atoms with van der Waals surface area (Å²) in [4.78, 5) is 1.86. The highest BCUT2D eigenvalue weighted by Crippen LogP contribution is 2.15. The van der Waals surface area contributed by atoms with Crippen LogP contribution in [0.25, 0.3) is 0 Å². The van der Waals surface area contributed by atoms with E-state index in [0.29, 0.717) is 39.3 Å². The van der Waals surface area contributed by atoms with Gasteiger partial charge in [-0.15, -0.1) is 6.58 Å². The van der Waals surface area contributed by atoms with E-state index in [9.17, 15) is 0 Å². The molecule has 5 N–H and O–H groups in total. The predicted octanol–water partition coefficient (Wildman–Crippen LogP) is -1.33. The van der Waals surface area contributed by atoms with E-state index in [0.717, 1.165) is 0 Å². The van der Waals surface area contributed by atoms with Crippen molar-refractivity contribution in [3.8, 4) is 0 Å². The minimum atomic E-state index is -0.542. The zero-order valence-electron chi connectivity index (χ0n) is 11.7. The van der Waals surface area contributed by atoms with Gasteiger partial charge in [0.05, 0.1) is 33.0 Å². The summed E-state index contributed by atoms with van der Waals surface area (Å²) < 4.78 is 10.6. The molecule has 1 heterocycles. The fourth-order valence-corrected chi connectivity index (χ4v) is 1.52. The molecule has 0 aromatic heterocycles. The summed E-state index contributed by atoms with van der Waals surface area (Å²) >= 11 is 0. The number of nitrogens with two attached hydrogens (primary N) is 1. The van der Waals surface area contributed by atoms with Crippen LogP contribution in [0.1, 0.15) is 6.42 Å². The molecule has 1 aliphatic heterocycles. The van der Waals surface area contributed by atoms with Crippen molar-refractivity contribution in [1.29, 1.82) is 0 Å². The number of ether oxygens (including phenoxy) is 2. The molecule has 19 heavy (non-hydrogen) atoms. The van der Waals surface area contributed by atoms with Gasteiger partial charge >= 0.3 is 0 Å². The van der Waals surface area contributed by atoms with Gasteiger partial charge < -0.3 is 24.6 Å². The van der Waals surface area contributed by atoms with Crippen LogP contribution >= 0.6 is 0 Å². The molecule has 1 fully saturated rings. The van der Waals surface area contributed by atoms with Gasteiger partial charge in [0.15, 0.2) is 5.72 Å². The van der Waals surface area contributed by atoms with Gasteiger partial charge in [-0.3, -0.25) is 5.84 Å². The van der Waals surface area contributed by atoms with Crippen molar-refractivity contribution < 1.29 is 19.7 Å². The molecule has 1 unspecified atom stereocenters. The number of aliphatic hydroxyl groups is 2. The molecule has 0 bridgehead atoms. The minimum Gasteiger partial charge on any atom is -0.395 e. The molecular formula is C12H27N3O4. The van der Waals surface area contributed by atoms with Gasteiger partial charge in [0, 0.05) is 19.5 Å². The van der Waals surface area contributed by atoms with E-state index in [1.807, 2.05) is 11.9 Å². The molecular weight excluding hydrogens is 250 g/mol. The molecule has 114 valence electrons. The van der Waals surface area contributed by atoms with Gasteiger partial charge in [0.25, 0.3) is 0 Å². The van der Waals surface area contributed by atoms with Crippen molar-refractivity contribution in [3.63, 3.8) is 0 Å². The molecule has 0 aromatic rings. The lowest BCUT2D eigenvalue weighted by molar-refractivity contribution is -0.172. The van der Waals surface area contributed by atoms with E-state index in [-0.39, 0.29) is 13.2 Å². The van der Waals surface area contributed by atoms with Crippen molar-refractivity contribution in [2.45, 2.75) is 12.1 Å². The van der Waals surface area contributed by atoms with E-state index in [1.54, 1.807) is 6.08 Å². The van der Waals surface area contributed by atoms with Crippen LogP contribution in [0.15, 0.2) is 12.7 Å². The van der Waals surface area contributed by atoms with Crippen molar-refractivity contribution >= 4 is 0 Å². The second-order valence-corrected chi connectivity index (χ2v) is 4.28. The van der Waals surface area contributed by atoms with Gasteiger partial charge in [0.1, 0.15) is 0 Å². The van der Waals surface area contributed by atoms with Crippen molar-refractivity contribution in [2.24, 2.45) is 5.84 Å². The Kier molecular flexibility index (Phi) is 11.0. The molecule has 7 nitrogen and oxygen atoms in total. The standard InChI is InChI=1S/C7H14N2O2.C5H13NO2/c1-2-3-7(9-8)6-10-4-5-11-7;1-6(2-4-7)3-5-8/h2,9H,1,3-6,8H2;7-8H,2-5H2,1H3. The fourth-order valence-electron chi connectivity index (χ4n) is 1.52. The first-order valence-electron chi connectivity index (χ1n) is 6.34. The Hall–Kier alpha value is -0.540. The van der Waals surface area contributed by atoms with E-state index in [2.05, 4.69) is 12.0 Å². The van der Waals surface area contributed by atoms with Crippen LogP contribution in [0.5, 0.6) is 0 Å². The normalized spacial score (nSPS) is 22.8. The van der Waals surface area contributed by atoms with Gasteiger partial charge in [-0.25, -0.2) is 5.43 Å². The first-order chi connectivity index (χ1) is 9.14. The Labute approximate surface area is 114 Å². The molecule has 7 heteroatoms. The number of aliphatic hydroxyl groups excluding tert-OH is 2. The summed E-state index contributed by atoms with van der Waals surface area (Å²) in [6.45, 7) is 6.92. The molecule has 1 aliphatic rings. The largest absolute Gasteiger partial charge is 0.395 e. The van der Waals surface area contributed by atoms with Gasteiger partial charge in [-0.2, -0.15) is 0 Å². The Morgan fingerprint density at radius 1 is 1.37 bits per heavy atom. The molecule has 0 aromatic carbocycles. The monoisotopic (exact) mass is 277 g/mol. The average molecular weight is 277 g/mol. The first kappa shape index (κ1) is 18.5. The summed E-state index contributed by atoms with van der Waals surface area (Å²) in [5.41, 5.74) is 2.06. The number of likely N-dealkylation sites (N-methyl/N-ethyl adjacent to an activating group) is 1. The van der Waals surface area contributed by atoms with Crippen LogP contribution < -0.4 is 11.3 Å². The van der Waals surface area contributed by atoms with Crippen molar-refractivity contribution in [1.82, 2.24) is 10.3 Å². The van der Waals surface area contributed by atoms with Gasteiger partial charge in [-0.05, 0) is 7.05 Å². The number of hydrogen-bond acceptors (Lipinski definition) is 7. The van der Waals surface area contributed by atoms with Gasteiger partial charge in [-0.1, -0.05) is 6.08 Å². The Balaban J connectivity index is 0.000000362. The third-order valence-electron chi connectivity index (χ3n) is 2.64. The average Bonchev–Trinajstić information content (AvgIpc) is 2.41. The Bertz CT molecular complexity index is 217. The summed E-state index contributed by atoms with van der Waals surface area (Å²) in [7, 11) is 1.85. The first-order valence-corrected chi connectivity index (χ1v) is 6.34. The van der Waals surface area contributed by atoms with Crippen molar-refractivity contribution in [2.75, 3.05) is 53.2 Å². The lowest BCUT2D eigenvalue weighted by Crippen LogP contribution is -2.57. The van der Waals surface area contributed by atoms with E-state index >= 15 is 0 Å². The molecule has 0 aliphatic carbocycles. The number of rotatable bonds is 7. The molecule has 0 amide bonds. The summed E-state index contributed by atoms with van der Waals surface area (Å²) in [6, 6.07) is 0.